The summed E-state index contributed by atoms with van der Waals surface area (Å²) in [6, 6.07) is 8.95. The number of imidazole rings is 1. The molecule has 37 heavy (non-hydrogen) atoms. The number of ether oxygens (including phenoxy) is 1. The smallest absolute Gasteiger partial charge is 0.259 e. The molecule has 0 fully saturated rings. The zero-order valence-corrected chi connectivity index (χ0v) is 21.1. The van der Waals surface area contributed by atoms with Gasteiger partial charge in [0.25, 0.3) is 5.91 Å². The number of carbonyl (C=O) groups is 1. The Labute approximate surface area is 219 Å². The number of thiazole rings is 1. The Bertz CT molecular complexity index is 1820. The molecule has 5 aromatic heterocycles. The number of fused-ring (bicyclic) bond motifs is 2. The van der Waals surface area contributed by atoms with Gasteiger partial charge in [-0.3, -0.25) is 15.1 Å². The molecule has 0 aliphatic carbocycles. The number of anilines is 1. The van der Waals surface area contributed by atoms with Crippen LogP contribution in [0.3, 0.4) is 0 Å². The molecule has 0 radical (unpaired) electrons. The predicted octanol–water partition coefficient (Wildman–Crippen LogP) is 5.08. The minimum atomic E-state index is -0.377. The van der Waals surface area contributed by atoms with E-state index < -0.39 is 0 Å². The van der Waals surface area contributed by atoms with Crippen molar-refractivity contribution in [1.82, 2.24) is 34.5 Å². The fourth-order valence-electron chi connectivity index (χ4n) is 3.88. The van der Waals surface area contributed by atoms with Gasteiger partial charge in [-0.25, -0.2) is 19.5 Å². The van der Waals surface area contributed by atoms with Gasteiger partial charge in [0.05, 0.1) is 30.8 Å². The number of halogens is 1. The van der Waals surface area contributed by atoms with E-state index in [0.29, 0.717) is 54.4 Å². The third-order valence-electron chi connectivity index (χ3n) is 5.63. The number of amides is 1. The van der Waals surface area contributed by atoms with Gasteiger partial charge in [0.1, 0.15) is 5.75 Å². The van der Waals surface area contributed by atoms with Crippen molar-refractivity contribution in [2.24, 2.45) is 0 Å². The fraction of sp³-hybridized carbons (Fsp3) is 0.0800. The molecule has 1 N–H and O–H groups in total. The monoisotopic (exact) mass is 528 g/mol. The molecule has 6 aromatic rings. The summed E-state index contributed by atoms with van der Waals surface area (Å²) < 4.78 is 7.18. The van der Waals surface area contributed by atoms with E-state index in [1.807, 2.05) is 19.1 Å². The van der Waals surface area contributed by atoms with E-state index in [2.05, 4.69) is 35.3 Å². The molecular formula is C25H17ClN8O2S. The van der Waals surface area contributed by atoms with Crippen LogP contribution in [-0.4, -0.2) is 47.6 Å². The minimum Gasteiger partial charge on any atom is -0.496 e. The van der Waals surface area contributed by atoms with E-state index in [4.69, 9.17) is 16.3 Å². The van der Waals surface area contributed by atoms with Gasteiger partial charge < -0.3 is 4.74 Å². The van der Waals surface area contributed by atoms with Crippen LogP contribution in [0.15, 0.2) is 61.3 Å². The molecule has 6 rings (SSSR count). The van der Waals surface area contributed by atoms with Crippen molar-refractivity contribution in [1.29, 1.82) is 0 Å². The summed E-state index contributed by atoms with van der Waals surface area (Å²) in [4.78, 5) is 36.0. The highest BCUT2D eigenvalue weighted by molar-refractivity contribution is 7.21. The SMILES string of the molecule is COc1ccc(Cl)cc1-c1cc(C)ncc1C(=O)Nc1nc2ncc(-c3cnn4ccnc4c3)nc2s1. The molecule has 182 valence electrons. The molecule has 0 saturated heterocycles. The second kappa shape index (κ2) is 9.19. The number of nitrogens with zero attached hydrogens (tertiary/aromatic N) is 7. The highest BCUT2D eigenvalue weighted by Gasteiger charge is 2.19. The van der Waals surface area contributed by atoms with Gasteiger partial charge in [0.15, 0.2) is 21.3 Å². The van der Waals surface area contributed by atoms with E-state index in [0.717, 1.165) is 11.3 Å². The molecule has 10 nitrogen and oxygen atoms in total. The topological polar surface area (TPSA) is 120 Å². The summed E-state index contributed by atoms with van der Waals surface area (Å²) >= 11 is 7.47. The van der Waals surface area contributed by atoms with Crippen LogP contribution in [0, 0.1) is 6.92 Å². The van der Waals surface area contributed by atoms with Gasteiger partial charge >= 0.3 is 0 Å². The maximum Gasteiger partial charge on any atom is 0.259 e. The standard InChI is InChI=1S/C25H17ClN8O2S/c1-13-7-16(17-9-15(26)3-4-20(17)36-2)18(11-28-13)23(35)33-25-32-22-24(37-25)31-19(12-29-22)14-8-21-27-5-6-34(21)30-10-14/h3-12H,1-2H3,(H,29,32,33,35). The molecule has 0 saturated carbocycles. The Morgan fingerprint density at radius 2 is 1.95 bits per heavy atom. The van der Waals surface area contributed by atoms with Crippen LogP contribution in [0.4, 0.5) is 5.13 Å². The third-order valence-corrected chi connectivity index (χ3v) is 6.72. The van der Waals surface area contributed by atoms with Gasteiger partial charge in [0, 0.05) is 46.0 Å². The van der Waals surface area contributed by atoms with Crippen LogP contribution in [0.2, 0.25) is 5.02 Å². The molecule has 0 spiro atoms. The molecule has 0 aliphatic rings. The minimum absolute atomic E-state index is 0.353. The number of nitrogens with one attached hydrogen (secondary N) is 1. The molecular weight excluding hydrogens is 512 g/mol. The molecule has 0 unspecified atom stereocenters. The van der Waals surface area contributed by atoms with E-state index in [9.17, 15) is 4.79 Å². The van der Waals surface area contributed by atoms with Crippen LogP contribution in [0.1, 0.15) is 16.1 Å². The molecule has 0 aliphatic heterocycles. The lowest BCUT2D eigenvalue weighted by Crippen LogP contribution is -2.14. The number of aromatic nitrogens is 7. The van der Waals surface area contributed by atoms with Gasteiger partial charge in [-0.1, -0.05) is 22.9 Å². The maximum absolute atomic E-state index is 13.4. The summed E-state index contributed by atoms with van der Waals surface area (Å²) in [5.74, 6) is 0.214. The summed E-state index contributed by atoms with van der Waals surface area (Å²) in [5, 5.41) is 8.08. The molecule has 1 amide bonds. The first-order valence-corrected chi connectivity index (χ1v) is 12.2. The Kier molecular flexibility index (Phi) is 5.70. The van der Waals surface area contributed by atoms with Crippen LogP contribution in [-0.2, 0) is 0 Å². The highest BCUT2D eigenvalue weighted by Crippen LogP contribution is 2.35. The zero-order chi connectivity index (χ0) is 25.5. The van der Waals surface area contributed by atoms with Crippen LogP contribution in [0.5, 0.6) is 5.75 Å². The number of methoxy groups -OCH3 is 1. The lowest BCUT2D eigenvalue weighted by molar-refractivity contribution is 0.102. The molecule has 0 atom stereocenters. The van der Waals surface area contributed by atoms with Gasteiger partial charge in [-0.05, 0) is 37.3 Å². The van der Waals surface area contributed by atoms with E-state index in [1.165, 1.54) is 17.5 Å². The van der Waals surface area contributed by atoms with Crippen LogP contribution in [0.25, 0.3) is 38.5 Å². The van der Waals surface area contributed by atoms with Crippen molar-refractivity contribution in [3.8, 4) is 28.1 Å². The second-order valence-corrected chi connectivity index (χ2v) is 9.46. The summed E-state index contributed by atoms with van der Waals surface area (Å²) in [5.41, 5.74) is 4.97. The van der Waals surface area contributed by atoms with Gasteiger partial charge in [-0.2, -0.15) is 10.1 Å². The van der Waals surface area contributed by atoms with Crippen molar-refractivity contribution >= 4 is 50.1 Å². The normalized spacial score (nSPS) is 11.2. The van der Waals surface area contributed by atoms with E-state index in [1.54, 1.807) is 54.6 Å². The lowest BCUT2D eigenvalue weighted by atomic mass is 9.99. The molecule has 0 bridgehead atoms. The Hall–Kier alpha value is -4.48. The predicted molar refractivity (Wildman–Crippen MR) is 141 cm³/mol. The molecule has 5 heterocycles. The largest absolute Gasteiger partial charge is 0.496 e. The van der Waals surface area contributed by atoms with Crippen molar-refractivity contribution < 1.29 is 9.53 Å². The highest BCUT2D eigenvalue weighted by atomic mass is 35.5. The van der Waals surface area contributed by atoms with Crippen molar-refractivity contribution in [2.75, 3.05) is 12.4 Å². The van der Waals surface area contributed by atoms with Crippen molar-refractivity contribution in [3.05, 3.63) is 77.6 Å². The van der Waals surface area contributed by atoms with Gasteiger partial charge in [0.2, 0.25) is 0 Å². The zero-order valence-electron chi connectivity index (χ0n) is 19.5. The summed E-state index contributed by atoms with van der Waals surface area (Å²) in [6.07, 6.45) is 8.29. The number of hydrogen-bond acceptors (Lipinski definition) is 9. The van der Waals surface area contributed by atoms with Crippen LogP contribution < -0.4 is 10.1 Å². The number of hydrogen-bond donors (Lipinski definition) is 1. The first-order chi connectivity index (χ1) is 18.0. The average Bonchev–Trinajstić information content (AvgIpc) is 3.53. The third kappa shape index (κ3) is 4.34. The number of aryl methyl sites for hydroxylation is 1. The lowest BCUT2D eigenvalue weighted by Gasteiger charge is -2.13. The maximum atomic E-state index is 13.4. The Balaban J connectivity index is 1.33. The first kappa shape index (κ1) is 23.0. The number of carbonyl (C=O) groups excluding carboxylic acids is 1. The summed E-state index contributed by atoms with van der Waals surface area (Å²) in [7, 11) is 1.57. The fourth-order valence-corrected chi connectivity index (χ4v) is 4.85. The van der Waals surface area contributed by atoms with E-state index >= 15 is 0 Å². The Morgan fingerprint density at radius 1 is 1.05 bits per heavy atom. The molecule has 12 heteroatoms. The molecule has 1 aromatic carbocycles. The number of rotatable bonds is 5. The van der Waals surface area contributed by atoms with Crippen LogP contribution >= 0.6 is 22.9 Å². The number of pyridine rings is 1. The van der Waals surface area contributed by atoms with Crippen molar-refractivity contribution in [2.45, 2.75) is 6.92 Å². The van der Waals surface area contributed by atoms with Gasteiger partial charge in [-0.15, -0.1) is 0 Å². The van der Waals surface area contributed by atoms with Crippen molar-refractivity contribution in [3.63, 3.8) is 0 Å². The number of benzene rings is 1. The average molecular weight is 529 g/mol. The van der Waals surface area contributed by atoms with E-state index in [-0.39, 0.29) is 5.91 Å². The first-order valence-electron chi connectivity index (χ1n) is 11.0. The quantitative estimate of drug-likeness (QED) is 0.329. The second-order valence-electron chi connectivity index (χ2n) is 8.05. The Morgan fingerprint density at radius 3 is 2.81 bits per heavy atom. The summed E-state index contributed by atoms with van der Waals surface area (Å²) in [6.45, 7) is 1.85.